The first-order chi connectivity index (χ1) is 10.9. The van der Waals surface area contributed by atoms with Crippen molar-refractivity contribution in [2.45, 2.75) is 20.3 Å². The first-order valence-corrected chi connectivity index (χ1v) is 8.08. The minimum absolute atomic E-state index is 0.0748. The van der Waals surface area contributed by atoms with Crippen molar-refractivity contribution in [3.63, 3.8) is 0 Å². The van der Waals surface area contributed by atoms with Crippen LogP contribution >= 0.6 is 0 Å². The lowest BCUT2D eigenvalue weighted by atomic mass is 9.92. The number of piperidine rings is 1. The Balaban J connectivity index is 1.71. The van der Waals surface area contributed by atoms with Gasteiger partial charge in [0.15, 0.2) is 6.54 Å². The quantitative estimate of drug-likeness (QED) is 0.737. The zero-order chi connectivity index (χ0) is 16.8. The summed E-state index contributed by atoms with van der Waals surface area (Å²) in [6.07, 6.45) is 1.21. The summed E-state index contributed by atoms with van der Waals surface area (Å²) in [5.41, 5.74) is 0.509. The van der Waals surface area contributed by atoms with E-state index in [4.69, 9.17) is 0 Å². The third-order valence-electron chi connectivity index (χ3n) is 4.06. The van der Waals surface area contributed by atoms with Crippen molar-refractivity contribution in [2.75, 3.05) is 31.5 Å². The zero-order valence-electron chi connectivity index (χ0n) is 13.7. The van der Waals surface area contributed by atoms with Crippen LogP contribution in [0.5, 0.6) is 0 Å². The van der Waals surface area contributed by atoms with E-state index < -0.39 is 0 Å². The Morgan fingerprint density at radius 3 is 2.35 bits per heavy atom. The summed E-state index contributed by atoms with van der Waals surface area (Å²) in [4.78, 5) is 25.0. The number of benzene rings is 1. The Kier molecular flexibility index (Phi) is 6.10. The number of rotatable bonds is 5. The standard InChI is InChI=1S/C17H24FN3O2/c1-12-7-13(2)10-21(9-12)11-17(23)19-8-16(22)20-15-5-3-14(18)4-6-15/h3-6,12-13H,7-11H2,1-2H3,(H,19,23)(H,20,22)/p+1/t12-,13+. The molecular formula is C17H25FN3O2+. The van der Waals surface area contributed by atoms with Crippen molar-refractivity contribution in [3.05, 3.63) is 30.1 Å². The largest absolute Gasteiger partial charge is 0.342 e. The fourth-order valence-corrected chi connectivity index (χ4v) is 3.27. The minimum Gasteiger partial charge on any atom is -0.342 e. The van der Waals surface area contributed by atoms with Gasteiger partial charge in [0.25, 0.3) is 5.91 Å². The van der Waals surface area contributed by atoms with E-state index in [1.54, 1.807) is 0 Å². The molecule has 1 aliphatic heterocycles. The molecule has 0 radical (unpaired) electrons. The van der Waals surface area contributed by atoms with Crippen molar-refractivity contribution in [2.24, 2.45) is 11.8 Å². The molecule has 1 saturated heterocycles. The van der Waals surface area contributed by atoms with Gasteiger partial charge in [-0.1, -0.05) is 13.8 Å². The highest BCUT2D eigenvalue weighted by Crippen LogP contribution is 2.11. The highest BCUT2D eigenvalue weighted by Gasteiger charge is 2.26. The first kappa shape index (κ1) is 17.4. The van der Waals surface area contributed by atoms with E-state index in [0.717, 1.165) is 13.1 Å². The van der Waals surface area contributed by atoms with Gasteiger partial charge in [-0.15, -0.1) is 0 Å². The molecule has 3 N–H and O–H groups in total. The second-order valence-electron chi connectivity index (χ2n) is 6.61. The maximum Gasteiger partial charge on any atom is 0.275 e. The lowest BCUT2D eigenvalue weighted by molar-refractivity contribution is -0.904. The Morgan fingerprint density at radius 2 is 1.74 bits per heavy atom. The molecule has 3 atom stereocenters. The third-order valence-corrected chi connectivity index (χ3v) is 4.06. The average molecular weight is 322 g/mol. The molecule has 1 unspecified atom stereocenters. The number of carbonyl (C=O) groups is 2. The Morgan fingerprint density at radius 1 is 1.13 bits per heavy atom. The predicted octanol–water partition coefficient (Wildman–Crippen LogP) is 0.441. The van der Waals surface area contributed by atoms with Crippen LogP contribution in [0.4, 0.5) is 10.1 Å². The Hall–Kier alpha value is -1.95. The molecule has 1 aromatic carbocycles. The van der Waals surface area contributed by atoms with E-state index in [0.29, 0.717) is 24.1 Å². The molecule has 2 rings (SSSR count). The fraction of sp³-hybridized carbons (Fsp3) is 0.529. The average Bonchev–Trinajstić information content (AvgIpc) is 2.46. The summed E-state index contributed by atoms with van der Waals surface area (Å²) in [5, 5.41) is 5.26. The molecule has 2 amide bonds. The molecule has 23 heavy (non-hydrogen) atoms. The molecule has 1 aliphatic rings. The number of amides is 2. The normalized spacial score (nSPS) is 24.0. The van der Waals surface area contributed by atoms with Crippen LogP contribution in [0.25, 0.3) is 0 Å². The molecule has 5 nitrogen and oxygen atoms in total. The van der Waals surface area contributed by atoms with Crippen molar-refractivity contribution in [1.29, 1.82) is 0 Å². The summed E-state index contributed by atoms with van der Waals surface area (Å²) in [6, 6.07) is 5.51. The van der Waals surface area contributed by atoms with Crippen molar-refractivity contribution < 1.29 is 18.9 Å². The molecule has 0 bridgehead atoms. The maximum atomic E-state index is 12.8. The number of likely N-dealkylation sites (tertiary alicyclic amines) is 1. The summed E-state index contributed by atoms with van der Waals surface area (Å²) < 4.78 is 12.8. The SMILES string of the molecule is C[C@@H]1C[C@H](C)C[NH+](CC(=O)NCC(=O)Nc2ccc(F)cc2)C1. The smallest absolute Gasteiger partial charge is 0.275 e. The van der Waals surface area contributed by atoms with Gasteiger partial charge in [0.05, 0.1) is 19.6 Å². The van der Waals surface area contributed by atoms with E-state index >= 15 is 0 Å². The van der Waals surface area contributed by atoms with Crippen molar-refractivity contribution in [3.8, 4) is 0 Å². The van der Waals surface area contributed by atoms with Crippen LogP contribution in [-0.4, -0.2) is 38.0 Å². The third kappa shape index (κ3) is 5.98. The van der Waals surface area contributed by atoms with Crippen LogP contribution in [0.1, 0.15) is 20.3 Å². The molecular weight excluding hydrogens is 297 g/mol. The molecule has 1 heterocycles. The number of hydrogen-bond donors (Lipinski definition) is 3. The maximum absolute atomic E-state index is 12.8. The fourth-order valence-electron chi connectivity index (χ4n) is 3.27. The van der Waals surface area contributed by atoms with Crippen molar-refractivity contribution in [1.82, 2.24) is 5.32 Å². The Bertz CT molecular complexity index is 537. The summed E-state index contributed by atoms with van der Waals surface area (Å²) in [7, 11) is 0. The predicted molar refractivity (Wildman–Crippen MR) is 86.5 cm³/mol. The molecule has 0 saturated carbocycles. The van der Waals surface area contributed by atoms with E-state index in [1.165, 1.54) is 35.6 Å². The number of anilines is 1. The van der Waals surface area contributed by atoms with Gasteiger partial charge in [-0.3, -0.25) is 9.59 Å². The van der Waals surface area contributed by atoms with E-state index in [9.17, 15) is 14.0 Å². The summed E-state index contributed by atoms with van der Waals surface area (Å²) in [6.45, 7) is 6.75. The molecule has 0 aliphatic carbocycles. The number of hydrogen-bond acceptors (Lipinski definition) is 2. The zero-order valence-corrected chi connectivity index (χ0v) is 13.7. The monoisotopic (exact) mass is 322 g/mol. The van der Waals surface area contributed by atoms with Gasteiger partial charge in [0, 0.05) is 17.5 Å². The minimum atomic E-state index is -0.357. The lowest BCUT2D eigenvalue weighted by Crippen LogP contribution is -3.15. The molecule has 1 aromatic rings. The Labute approximate surface area is 136 Å². The van der Waals surface area contributed by atoms with Crippen LogP contribution in [0, 0.1) is 17.7 Å². The summed E-state index contributed by atoms with van der Waals surface area (Å²) in [5.74, 6) is 0.465. The number of carbonyl (C=O) groups excluding carboxylic acids is 2. The van der Waals surface area contributed by atoms with E-state index in [-0.39, 0.29) is 24.2 Å². The van der Waals surface area contributed by atoms with Gasteiger partial charge in [-0.05, 0) is 30.7 Å². The van der Waals surface area contributed by atoms with Gasteiger partial charge in [0.2, 0.25) is 5.91 Å². The van der Waals surface area contributed by atoms with Crippen LogP contribution < -0.4 is 15.5 Å². The number of quaternary nitrogens is 1. The summed E-state index contributed by atoms with van der Waals surface area (Å²) >= 11 is 0. The second kappa shape index (κ2) is 8.06. The van der Waals surface area contributed by atoms with E-state index in [1.807, 2.05) is 0 Å². The molecule has 1 fully saturated rings. The van der Waals surface area contributed by atoms with Crippen LogP contribution in [0.3, 0.4) is 0 Å². The first-order valence-electron chi connectivity index (χ1n) is 8.08. The number of nitrogens with one attached hydrogen (secondary N) is 3. The second-order valence-corrected chi connectivity index (χ2v) is 6.61. The van der Waals surface area contributed by atoms with Gasteiger partial charge in [-0.2, -0.15) is 0 Å². The van der Waals surface area contributed by atoms with Crippen LogP contribution in [0.2, 0.25) is 0 Å². The van der Waals surface area contributed by atoms with Gasteiger partial charge < -0.3 is 15.5 Å². The van der Waals surface area contributed by atoms with Gasteiger partial charge >= 0.3 is 0 Å². The molecule has 0 spiro atoms. The van der Waals surface area contributed by atoms with Gasteiger partial charge in [0.1, 0.15) is 5.82 Å². The molecule has 126 valence electrons. The van der Waals surface area contributed by atoms with Crippen LogP contribution in [-0.2, 0) is 9.59 Å². The van der Waals surface area contributed by atoms with Crippen molar-refractivity contribution >= 4 is 17.5 Å². The molecule has 0 aromatic heterocycles. The van der Waals surface area contributed by atoms with Gasteiger partial charge in [-0.25, -0.2) is 4.39 Å². The van der Waals surface area contributed by atoms with E-state index in [2.05, 4.69) is 24.5 Å². The highest BCUT2D eigenvalue weighted by atomic mass is 19.1. The highest BCUT2D eigenvalue weighted by molar-refractivity contribution is 5.94. The lowest BCUT2D eigenvalue weighted by Gasteiger charge is -2.31. The topological polar surface area (TPSA) is 62.6 Å². The molecule has 6 heteroatoms. The number of halogens is 1. The van der Waals surface area contributed by atoms with Crippen LogP contribution in [0.15, 0.2) is 24.3 Å².